The maximum absolute atomic E-state index is 12.1. The summed E-state index contributed by atoms with van der Waals surface area (Å²) in [6, 6.07) is 5.19. The van der Waals surface area contributed by atoms with E-state index in [1.165, 1.54) is 0 Å². The Labute approximate surface area is 110 Å². The Kier molecular flexibility index (Phi) is 5.95. The molecule has 0 saturated heterocycles. The molecule has 0 bridgehead atoms. The minimum Gasteiger partial charge on any atom is -0.490 e. The van der Waals surface area contributed by atoms with Gasteiger partial charge in [-0.05, 0) is 31.7 Å². The first kappa shape index (κ1) is 15.6. The quantitative estimate of drug-likeness (QED) is 0.830. The molecule has 19 heavy (non-hydrogen) atoms. The first-order valence-electron chi connectivity index (χ1n) is 6.06. The number of benzene rings is 1. The van der Waals surface area contributed by atoms with Gasteiger partial charge in [-0.25, -0.2) is 0 Å². The third kappa shape index (κ3) is 5.83. The van der Waals surface area contributed by atoms with Crippen molar-refractivity contribution in [2.24, 2.45) is 0 Å². The van der Waals surface area contributed by atoms with Gasteiger partial charge in [0, 0.05) is 6.54 Å². The number of nitrogens with one attached hydrogen (secondary N) is 1. The molecule has 0 aliphatic rings. The second kappa shape index (κ2) is 7.23. The van der Waals surface area contributed by atoms with Gasteiger partial charge in [0.15, 0.2) is 11.5 Å². The fraction of sp³-hybridized carbons (Fsp3) is 0.538. The van der Waals surface area contributed by atoms with E-state index < -0.39 is 19.2 Å². The maximum Gasteiger partial charge on any atom is 0.392 e. The van der Waals surface area contributed by atoms with Crippen molar-refractivity contribution in [3.8, 4) is 11.5 Å². The molecule has 0 saturated carbocycles. The van der Waals surface area contributed by atoms with Gasteiger partial charge in [-0.3, -0.25) is 0 Å². The SMILES string of the molecule is CCOc1cc(CNC)ccc1OCCC(F)(F)F. The van der Waals surface area contributed by atoms with Crippen molar-refractivity contribution in [3.63, 3.8) is 0 Å². The fourth-order valence-corrected chi connectivity index (χ4v) is 1.53. The lowest BCUT2D eigenvalue weighted by atomic mass is 10.2. The molecule has 1 N–H and O–H groups in total. The number of hydrogen-bond donors (Lipinski definition) is 1. The minimum atomic E-state index is -4.21. The number of rotatable bonds is 7. The minimum absolute atomic E-state index is 0.339. The van der Waals surface area contributed by atoms with Crippen LogP contribution in [0.1, 0.15) is 18.9 Å². The molecule has 108 valence electrons. The average molecular weight is 277 g/mol. The zero-order valence-electron chi connectivity index (χ0n) is 11.0. The number of alkyl halides is 3. The Morgan fingerprint density at radius 1 is 1.16 bits per heavy atom. The monoisotopic (exact) mass is 277 g/mol. The Morgan fingerprint density at radius 2 is 1.89 bits per heavy atom. The molecule has 0 atom stereocenters. The maximum atomic E-state index is 12.1. The lowest BCUT2D eigenvalue weighted by Gasteiger charge is -2.14. The molecule has 1 aromatic rings. The molecule has 0 heterocycles. The number of ether oxygens (including phenoxy) is 2. The third-order valence-corrected chi connectivity index (χ3v) is 2.33. The zero-order chi connectivity index (χ0) is 14.3. The summed E-state index contributed by atoms with van der Waals surface area (Å²) < 4.78 is 46.7. The predicted octanol–water partition coefficient (Wildman–Crippen LogP) is 3.14. The van der Waals surface area contributed by atoms with Gasteiger partial charge in [-0.15, -0.1) is 0 Å². The van der Waals surface area contributed by atoms with Crippen molar-refractivity contribution in [2.45, 2.75) is 26.1 Å². The van der Waals surface area contributed by atoms with E-state index in [0.29, 0.717) is 24.7 Å². The van der Waals surface area contributed by atoms with Gasteiger partial charge in [0.1, 0.15) is 0 Å². The molecule has 0 fully saturated rings. The van der Waals surface area contributed by atoms with Crippen LogP contribution < -0.4 is 14.8 Å². The van der Waals surface area contributed by atoms with E-state index in [4.69, 9.17) is 9.47 Å². The van der Waals surface area contributed by atoms with E-state index in [9.17, 15) is 13.2 Å². The molecule has 0 unspecified atom stereocenters. The Bertz CT molecular complexity index is 394. The molecular weight excluding hydrogens is 259 g/mol. The molecule has 1 aromatic carbocycles. The summed E-state index contributed by atoms with van der Waals surface area (Å²) in [5.74, 6) is 0.809. The van der Waals surface area contributed by atoms with Gasteiger partial charge in [-0.2, -0.15) is 13.2 Å². The first-order chi connectivity index (χ1) is 8.96. The summed E-state index contributed by atoms with van der Waals surface area (Å²) in [5, 5.41) is 2.99. The van der Waals surface area contributed by atoms with E-state index in [2.05, 4.69) is 5.32 Å². The highest BCUT2D eigenvalue weighted by atomic mass is 19.4. The largest absolute Gasteiger partial charge is 0.490 e. The summed E-state index contributed by atoms with van der Waals surface area (Å²) in [4.78, 5) is 0. The number of halogens is 3. The Balaban J connectivity index is 2.70. The van der Waals surface area contributed by atoms with Gasteiger partial charge in [-0.1, -0.05) is 6.07 Å². The zero-order valence-corrected chi connectivity index (χ0v) is 11.0. The van der Waals surface area contributed by atoms with E-state index in [-0.39, 0.29) is 0 Å². The van der Waals surface area contributed by atoms with Crippen molar-refractivity contribution < 1.29 is 22.6 Å². The van der Waals surface area contributed by atoms with Gasteiger partial charge >= 0.3 is 6.18 Å². The molecule has 0 aromatic heterocycles. The lowest BCUT2D eigenvalue weighted by Crippen LogP contribution is -2.13. The van der Waals surface area contributed by atoms with Crippen molar-refractivity contribution in [2.75, 3.05) is 20.3 Å². The van der Waals surface area contributed by atoms with Crippen LogP contribution in [0, 0.1) is 0 Å². The van der Waals surface area contributed by atoms with Gasteiger partial charge in [0.25, 0.3) is 0 Å². The Morgan fingerprint density at radius 3 is 2.47 bits per heavy atom. The molecule has 0 radical (unpaired) electrons. The molecule has 0 amide bonds. The second-order valence-electron chi connectivity index (χ2n) is 3.96. The van der Waals surface area contributed by atoms with Crippen LogP contribution in [0.25, 0.3) is 0 Å². The van der Waals surface area contributed by atoms with Crippen LogP contribution in [-0.4, -0.2) is 26.4 Å². The van der Waals surface area contributed by atoms with Gasteiger partial charge in [0.2, 0.25) is 0 Å². The highest BCUT2D eigenvalue weighted by Gasteiger charge is 2.27. The van der Waals surface area contributed by atoms with Crippen LogP contribution in [0.3, 0.4) is 0 Å². The predicted molar refractivity (Wildman–Crippen MR) is 66.5 cm³/mol. The van der Waals surface area contributed by atoms with Gasteiger partial charge in [0.05, 0.1) is 19.6 Å². The fourth-order valence-electron chi connectivity index (χ4n) is 1.53. The summed E-state index contributed by atoms with van der Waals surface area (Å²) in [6.45, 7) is 2.49. The molecule has 0 spiro atoms. The summed E-state index contributed by atoms with van der Waals surface area (Å²) in [5.41, 5.74) is 0.981. The summed E-state index contributed by atoms with van der Waals surface area (Å²) in [7, 11) is 1.81. The molecule has 6 heteroatoms. The summed E-state index contributed by atoms with van der Waals surface area (Å²) in [6.07, 6.45) is -5.19. The van der Waals surface area contributed by atoms with E-state index >= 15 is 0 Å². The standard InChI is InChI=1S/C13H18F3NO2/c1-3-18-12-8-10(9-17-2)4-5-11(12)19-7-6-13(14,15)16/h4-5,8,17H,3,6-7,9H2,1-2H3. The first-order valence-corrected chi connectivity index (χ1v) is 6.06. The smallest absolute Gasteiger partial charge is 0.392 e. The third-order valence-electron chi connectivity index (χ3n) is 2.33. The van der Waals surface area contributed by atoms with Crippen LogP contribution in [0.5, 0.6) is 11.5 Å². The van der Waals surface area contributed by atoms with E-state index in [0.717, 1.165) is 5.56 Å². The van der Waals surface area contributed by atoms with Crippen LogP contribution >= 0.6 is 0 Å². The van der Waals surface area contributed by atoms with Crippen LogP contribution in [-0.2, 0) is 6.54 Å². The molecule has 0 aliphatic carbocycles. The van der Waals surface area contributed by atoms with E-state index in [1.807, 2.05) is 14.0 Å². The van der Waals surface area contributed by atoms with Crippen LogP contribution in [0.15, 0.2) is 18.2 Å². The highest BCUT2D eigenvalue weighted by Crippen LogP contribution is 2.29. The molecule has 1 rings (SSSR count). The molecule has 3 nitrogen and oxygen atoms in total. The average Bonchev–Trinajstić information content (AvgIpc) is 2.31. The van der Waals surface area contributed by atoms with Crippen LogP contribution in [0.2, 0.25) is 0 Å². The van der Waals surface area contributed by atoms with Crippen molar-refractivity contribution in [3.05, 3.63) is 23.8 Å². The topological polar surface area (TPSA) is 30.5 Å². The lowest BCUT2D eigenvalue weighted by molar-refractivity contribution is -0.139. The normalized spacial score (nSPS) is 11.4. The number of hydrogen-bond acceptors (Lipinski definition) is 3. The molecular formula is C13H18F3NO2. The van der Waals surface area contributed by atoms with E-state index in [1.54, 1.807) is 18.2 Å². The summed E-state index contributed by atoms with van der Waals surface area (Å²) >= 11 is 0. The molecule has 0 aliphatic heterocycles. The second-order valence-corrected chi connectivity index (χ2v) is 3.96. The van der Waals surface area contributed by atoms with Crippen LogP contribution in [0.4, 0.5) is 13.2 Å². The Hall–Kier alpha value is -1.43. The van der Waals surface area contributed by atoms with Gasteiger partial charge < -0.3 is 14.8 Å². The van der Waals surface area contributed by atoms with Crippen molar-refractivity contribution >= 4 is 0 Å². The van der Waals surface area contributed by atoms with Crippen molar-refractivity contribution in [1.82, 2.24) is 5.32 Å². The highest BCUT2D eigenvalue weighted by molar-refractivity contribution is 5.43. The van der Waals surface area contributed by atoms with Crippen molar-refractivity contribution in [1.29, 1.82) is 0 Å².